The summed E-state index contributed by atoms with van der Waals surface area (Å²) in [5.74, 6) is -0.445. The SMILES string of the molecule is CCCCCCCCCCCCCCCCCCCOC(=O)c1ccccc1O. The van der Waals surface area contributed by atoms with Gasteiger partial charge in [0.25, 0.3) is 0 Å². The summed E-state index contributed by atoms with van der Waals surface area (Å²) in [6.07, 6.45) is 22.7. The minimum absolute atomic E-state index is 0.0140. The van der Waals surface area contributed by atoms with Crippen LogP contribution in [-0.4, -0.2) is 17.7 Å². The molecule has 0 aliphatic heterocycles. The summed E-state index contributed by atoms with van der Waals surface area (Å²) in [6.45, 7) is 2.71. The zero-order valence-electron chi connectivity index (χ0n) is 18.8. The van der Waals surface area contributed by atoms with Crippen molar-refractivity contribution in [2.24, 2.45) is 0 Å². The van der Waals surface area contributed by atoms with Crippen LogP contribution in [0.1, 0.15) is 126 Å². The molecule has 0 radical (unpaired) electrons. The van der Waals surface area contributed by atoms with Crippen molar-refractivity contribution in [1.29, 1.82) is 0 Å². The van der Waals surface area contributed by atoms with Crippen molar-refractivity contribution >= 4 is 5.97 Å². The number of esters is 1. The average molecular weight is 405 g/mol. The van der Waals surface area contributed by atoms with E-state index in [1.54, 1.807) is 18.2 Å². The molecule has 0 aromatic heterocycles. The van der Waals surface area contributed by atoms with Gasteiger partial charge < -0.3 is 9.84 Å². The van der Waals surface area contributed by atoms with E-state index in [1.807, 2.05) is 0 Å². The minimum Gasteiger partial charge on any atom is -0.507 e. The van der Waals surface area contributed by atoms with Crippen LogP contribution in [0, 0.1) is 0 Å². The second-order valence-electron chi connectivity index (χ2n) is 8.31. The van der Waals surface area contributed by atoms with Crippen molar-refractivity contribution in [1.82, 2.24) is 0 Å². The number of carbonyl (C=O) groups excluding carboxylic acids is 1. The van der Waals surface area contributed by atoms with Crippen molar-refractivity contribution in [2.45, 2.75) is 116 Å². The van der Waals surface area contributed by atoms with Crippen molar-refractivity contribution < 1.29 is 14.6 Å². The van der Waals surface area contributed by atoms with Crippen LogP contribution < -0.4 is 0 Å². The smallest absolute Gasteiger partial charge is 0.341 e. The Bertz CT molecular complexity index is 512. The van der Waals surface area contributed by atoms with Gasteiger partial charge in [-0.15, -0.1) is 0 Å². The maximum atomic E-state index is 11.9. The number of benzene rings is 1. The van der Waals surface area contributed by atoms with E-state index in [9.17, 15) is 9.90 Å². The Hall–Kier alpha value is -1.51. The van der Waals surface area contributed by atoms with Crippen molar-refractivity contribution in [3.63, 3.8) is 0 Å². The number of hydrogen-bond donors (Lipinski definition) is 1. The second kappa shape index (κ2) is 18.5. The first kappa shape index (κ1) is 25.5. The van der Waals surface area contributed by atoms with Gasteiger partial charge in [0.05, 0.1) is 6.61 Å². The van der Waals surface area contributed by atoms with Gasteiger partial charge in [0.15, 0.2) is 0 Å². The molecule has 0 atom stereocenters. The first-order valence-corrected chi connectivity index (χ1v) is 12.2. The molecule has 1 aromatic rings. The van der Waals surface area contributed by atoms with Crippen LogP contribution >= 0.6 is 0 Å². The number of unbranched alkanes of at least 4 members (excludes halogenated alkanes) is 16. The minimum atomic E-state index is -0.431. The van der Waals surface area contributed by atoms with Crippen LogP contribution in [0.25, 0.3) is 0 Å². The zero-order valence-corrected chi connectivity index (χ0v) is 18.8. The third-order valence-corrected chi connectivity index (χ3v) is 5.61. The van der Waals surface area contributed by atoms with Crippen LogP contribution in [-0.2, 0) is 4.74 Å². The Labute approximate surface area is 179 Å². The molecule has 0 bridgehead atoms. The summed E-state index contributed by atoms with van der Waals surface area (Å²) in [6, 6.07) is 6.52. The molecule has 3 nitrogen and oxygen atoms in total. The fourth-order valence-electron chi connectivity index (χ4n) is 3.72. The summed E-state index contributed by atoms with van der Waals surface area (Å²) < 4.78 is 5.23. The van der Waals surface area contributed by atoms with Gasteiger partial charge in [-0.3, -0.25) is 0 Å². The van der Waals surface area contributed by atoms with Gasteiger partial charge in [0.2, 0.25) is 0 Å². The van der Waals surface area contributed by atoms with Gasteiger partial charge >= 0.3 is 5.97 Å². The molecule has 0 saturated carbocycles. The molecule has 0 spiro atoms. The fraction of sp³-hybridized carbons (Fsp3) is 0.731. The Balaban J connectivity index is 1.78. The molecule has 1 rings (SSSR count). The van der Waals surface area contributed by atoms with Gasteiger partial charge in [-0.2, -0.15) is 0 Å². The number of aromatic hydroxyl groups is 1. The third-order valence-electron chi connectivity index (χ3n) is 5.61. The molecule has 0 heterocycles. The van der Waals surface area contributed by atoms with Crippen LogP contribution in [0.2, 0.25) is 0 Å². The number of carbonyl (C=O) groups is 1. The van der Waals surface area contributed by atoms with E-state index in [1.165, 1.54) is 102 Å². The molecule has 1 N–H and O–H groups in total. The van der Waals surface area contributed by atoms with E-state index < -0.39 is 5.97 Å². The average Bonchev–Trinajstić information content (AvgIpc) is 2.73. The summed E-state index contributed by atoms with van der Waals surface area (Å²) in [5.41, 5.74) is 0.250. The lowest BCUT2D eigenvalue weighted by atomic mass is 10.0. The quantitative estimate of drug-likeness (QED) is 0.187. The maximum Gasteiger partial charge on any atom is 0.341 e. The highest BCUT2D eigenvalue weighted by Gasteiger charge is 2.10. The molecule has 0 unspecified atom stereocenters. The summed E-state index contributed by atoms with van der Waals surface area (Å²) in [7, 11) is 0. The van der Waals surface area contributed by atoms with E-state index >= 15 is 0 Å². The van der Waals surface area contributed by atoms with Crippen molar-refractivity contribution in [3.05, 3.63) is 29.8 Å². The molecule has 0 saturated heterocycles. The highest BCUT2D eigenvalue weighted by Crippen LogP contribution is 2.17. The lowest BCUT2D eigenvalue weighted by Gasteiger charge is -2.06. The second-order valence-corrected chi connectivity index (χ2v) is 8.31. The van der Waals surface area contributed by atoms with E-state index in [-0.39, 0.29) is 11.3 Å². The largest absolute Gasteiger partial charge is 0.507 e. The van der Waals surface area contributed by atoms with Gasteiger partial charge in [0, 0.05) is 0 Å². The summed E-state index contributed by atoms with van der Waals surface area (Å²) in [5, 5.41) is 9.63. The number of phenolic OH excluding ortho intramolecular Hbond substituents is 1. The molecule has 0 fully saturated rings. The first-order valence-electron chi connectivity index (χ1n) is 12.2. The molecule has 29 heavy (non-hydrogen) atoms. The van der Waals surface area contributed by atoms with Crippen LogP contribution in [0.4, 0.5) is 0 Å². The first-order chi connectivity index (χ1) is 14.3. The standard InChI is InChI=1S/C26H44O3/c1-2-3-4-5-6-7-8-9-10-11-12-13-14-15-16-17-20-23-29-26(28)24-21-18-19-22-25(24)27/h18-19,21-22,27H,2-17,20,23H2,1H3. The normalized spacial score (nSPS) is 10.9. The van der Waals surface area contributed by atoms with Crippen molar-refractivity contribution in [2.75, 3.05) is 6.61 Å². The van der Waals surface area contributed by atoms with E-state index in [0.29, 0.717) is 6.61 Å². The van der Waals surface area contributed by atoms with Crippen LogP contribution in [0.5, 0.6) is 5.75 Å². The predicted octanol–water partition coefficient (Wildman–Crippen LogP) is 8.20. The van der Waals surface area contributed by atoms with Gasteiger partial charge in [-0.25, -0.2) is 4.79 Å². The molecular formula is C26H44O3. The monoisotopic (exact) mass is 404 g/mol. The summed E-state index contributed by atoms with van der Waals surface area (Å²) >= 11 is 0. The summed E-state index contributed by atoms with van der Waals surface area (Å²) in [4.78, 5) is 11.9. The van der Waals surface area contributed by atoms with E-state index in [2.05, 4.69) is 6.92 Å². The lowest BCUT2D eigenvalue weighted by Crippen LogP contribution is -2.06. The number of phenols is 1. The highest BCUT2D eigenvalue weighted by molar-refractivity contribution is 5.92. The highest BCUT2D eigenvalue weighted by atomic mass is 16.5. The molecule has 3 heteroatoms. The Morgan fingerprint density at radius 1 is 0.690 bits per heavy atom. The van der Waals surface area contributed by atoms with Crippen molar-refractivity contribution in [3.8, 4) is 5.75 Å². The van der Waals surface area contributed by atoms with E-state index in [4.69, 9.17) is 4.74 Å². The molecule has 166 valence electrons. The lowest BCUT2D eigenvalue weighted by molar-refractivity contribution is 0.0494. The molecule has 1 aromatic carbocycles. The number of rotatable bonds is 19. The Morgan fingerprint density at radius 3 is 1.55 bits per heavy atom. The number of hydrogen-bond acceptors (Lipinski definition) is 3. The molecule has 0 aliphatic carbocycles. The topological polar surface area (TPSA) is 46.5 Å². The molecule has 0 aliphatic rings. The van der Waals surface area contributed by atoms with Crippen LogP contribution in [0.3, 0.4) is 0 Å². The number of para-hydroxylation sites is 1. The van der Waals surface area contributed by atoms with Crippen LogP contribution in [0.15, 0.2) is 24.3 Å². The zero-order chi connectivity index (χ0) is 21.0. The Kier molecular flexibility index (Phi) is 16.3. The molecule has 0 amide bonds. The van der Waals surface area contributed by atoms with Gasteiger partial charge in [-0.1, -0.05) is 122 Å². The van der Waals surface area contributed by atoms with Gasteiger partial charge in [0.1, 0.15) is 11.3 Å². The predicted molar refractivity (Wildman–Crippen MR) is 123 cm³/mol. The maximum absolute atomic E-state index is 11.9. The third kappa shape index (κ3) is 14.2. The Morgan fingerprint density at radius 2 is 1.10 bits per heavy atom. The van der Waals surface area contributed by atoms with Gasteiger partial charge in [-0.05, 0) is 18.6 Å². The fourth-order valence-corrected chi connectivity index (χ4v) is 3.72. The number of ether oxygens (including phenoxy) is 1. The molecular weight excluding hydrogens is 360 g/mol. The van der Waals surface area contributed by atoms with E-state index in [0.717, 1.165) is 12.8 Å².